The summed E-state index contributed by atoms with van der Waals surface area (Å²) in [6.07, 6.45) is 3.69. The fourth-order valence-electron chi connectivity index (χ4n) is 3.40. The molecule has 0 aromatic heterocycles. The first-order chi connectivity index (χ1) is 12.3. The molecule has 1 fully saturated rings. The maximum Gasteiger partial charge on any atom is 0.232 e. The minimum Gasteiger partial charge on any atom is -0.457 e. The molecule has 0 saturated heterocycles. The Morgan fingerprint density at radius 2 is 1.50 bits per heavy atom. The van der Waals surface area contributed by atoms with Crippen molar-refractivity contribution < 1.29 is 18.3 Å². The second kappa shape index (κ2) is 7.68. The Hall–Kier alpha value is -2.05. The number of anilines is 1. The van der Waals surface area contributed by atoms with Crippen LogP contribution >= 0.6 is 0 Å². The average molecular weight is 375 g/mol. The molecule has 0 unspecified atom stereocenters. The molecule has 1 aliphatic rings. The van der Waals surface area contributed by atoms with Crippen LogP contribution in [0.5, 0.6) is 11.5 Å². The van der Waals surface area contributed by atoms with Gasteiger partial charge in [0.05, 0.1) is 24.1 Å². The summed E-state index contributed by atoms with van der Waals surface area (Å²) in [5.41, 5.74) is 1.71. The molecule has 1 N–H and O–H groups in total. The second-order valence-electron chi connectivity index (χ2n) is 6.89. The number of ether oxygens (including phenoxy) is 1. The molecule has 2 atom stereocenters. The summed E-state index contributed by atoms with van der Waals surface area (Å²) in [6, 6.07) is 14.3. The van der Waals surface area contributed by atoms with Gasteiger partial charge >= 0.3 is 0 Å². The van der Waals surface area contributed by atoms with E-state index in [-0.39, 0.29) is 0 Å². The standard InChI is InChI=1S/C20H25NO4S/c1-15-7-11-17(12-8-15)25-18-13-9-16(10-14-18)21(26(2,23)24)19-5-3-4-6-20(19)22/h7-14,19-20,22H,3-6H2,1-2H3/t19-,20-/m0/s1. The van der Waals surface area contributed by atoms with Crippen molar-refractivity contribution in [3.8, 4) is 11.5 Å². The summed E-state index contributed by atoms with van der Waals surface area (Å²) in [4.78, 5) is 0. The molecule has 3 rings (SSSR count). The molecular weight excluding hydrogens is 350 g/mol. The van der Waals surface area contributed by atoms with E-state index in [4.69, 9.17) is 4.74 Å². The lowest BCUT2D eigenvalue weighted by Gasteiger charge is -2.37. The number of sulfonamides is 1. The highest BCUT2D eigenvalue weighted by Gasteiger charge is 2.34. The molecular formula is C20H25NO4S. The third kappa shape index (κ3) is 4.37. The van der Waals surface area contributed by atoms with E-state index in [1.54, 1.807) is 24.3 Å². The van der Waals surface area contributed by atoms with Crippen molar-refractivity contribution in [3.05, 3.63) is 54.1 Å². The average Bonchev–Trinajstić information content (AvgIpc) is 2.59. The number of hydrogen-bond donors (Lipinski definition) is 1. The predicted molar refractivity (Wildman–Crippen MR) is 103 cm³/mol. The van der Waals surface area contributed by atoms with Gasteiger partial charge in [0.25, 0.3) is 0 Å². The number of rotatable bonds is 5. The highest BCUT2D eigenvalue weighted by Crippen LogP contribution is 2.32. The van der Waals surface area contributed by atoms with Gasteiger partial charge in [0.2, 0.25) is 10.0 Å². The molecule has 0 spiro atoms. The van der Waals surface area contributed by atoms with Crippen molar-refractivity contribution in [1.82, 2.24) is 0 Å². The largest absolute Gasteiger partial charge is 0.457 e. The van der Waals surface area contributed by atoms with Gasteiger partial charge in [-0.2, -0.15) is 0 Å². The summed E-state index contributed by atoms with van der Waals surface area (Å²) in [5, 5.41) is 10.3. The predicted octanol–water partition coefficient (Wildman–Crippen LogP) is 3.86. The summed E-state index contributed by atoms with van der Waals surface area (Å²) in [6.45, 7) is 2.01. The molecule has 140 valence electrons. The van der Waals surface area contributed by atoms with E-state index in [0.29, 0.717) is 24.3 Å². The fourth-order valence-corrected chi connectivity index (χ4v) is 4.64. The number of aliphatic hydroxyl groups excluding tert-OH is 1. The molecule has 0 amide bonds. The first kappa shape index (κ1) is 18.7. The van der Waals surface area contributed by atoms with E-state index in [1.165, 1.54) is 10.6 Å². The van der Waals surface area contributed by atoms with E-state index in [0.717, 1.165) is 24.2 Å². The fraction of sp³-hybridized carbons (Fsp3) is 0.400. The van der Waals surface area contributed by atoms with Gasteiger partial charge < -0.3 is 9.84 Å². The third-order valence-corrected chi connectivity index (χ3v) is 5.90. The van der Waals surface area contributed by atoms with Crippen LogP contribution in [0.3, 0.4) is 0 Å². The molecule has 1 aliphatic carbocycles. The van der Waals surface area contributed by atoms with E-state index < -0.39 is 22.2 Å². The van der Waals surface area contributed by atoms with Gasteiger partial charge in [0.1, 0.15) is 11.5 Å². The molecule has 0 heterocycles. The Morgan fingerprint density at radius 1 is 0.962 bits per heavy atom. The van der Waals surface area contributed by atoms with Crippen molar-refractivity contribution in [2.75, 3.05) is 10.6 Å². The van der Waals surface area contributed by atoms with E-state index >= 15 is 0 Å². The van der Waals surface area contributed by atoms with E-state index in [2.05, 4.69) is 0 Å². The first-order valence-corrected chi connectivity index (χ1v) is 10.7. The molecule has 26 heavy (non-hydrogen) atoms. The Labute approximate surface area is 155 Å². The van der Waals surface area contributed by atoms with Crippen molar-refractivity contribution in [1.29, 1.82) is 0 Å². The normalized spacial score (nSPS) is 20.6. The maximum atomic E-state index is 12.4. The minimum atomic E-state index is -3.49. The smallest absolute Gasteiger partial charge is 0.232 e. The Bertz CT molecular complexity index is 831. The van der Waals surface area contributed by atoms with Gasteiger partial charge in [-0.25, -0.2) is 8.42 Å². The zero-order valence-electron chi connectivity index (χ0n) is 15.1. The summed E-state index contributed by atoms with van der Waals surface area (Å²) in [5.74, 6) is 1.36. The van der Waals surface area contributed by atoms with Crippen molar-refractivity contribution >= 4 is 15.7 Å². The topological polar surface area (TPSA) is 66.8 Å². The molecule has 5 nitrogen and oxygen atoms in total. The lowest BCUT2D eigenvalue weighted by Crippen LogP contribution is -2.48. The zero-order valence-corrected chi connectivity index (χ0v) is 15.9. The number of nitrogens with zero attached hydrogens (tertiary/aromatic N) is 1. The van der Waals surface area contributed by atoms with Crippen LogP contribution in [0.2, 0.25) is 0 Å². The maximum absolute atomic E-state index is 12.4. The molecule has 2 aromatic carbocycles. The highest BCUT2D eigenvalue weighted by atomic mass is 32.2. The summed E-state index contributed by atoms with van der Waals surface area (Å²) < 4.78 is 31.9. The molecule has 2 aromatic rings. The molecule has 0 aliphatic heterocycles. The van der Waals surface area contributed by atoms with Gasteiger partial charge in [-0.15, -0.1) is 0 Å². The number of aliphatic hydroxyl groups is 1. The Morgan fingerprint density at radius 3 is 2.04 bits per heavy atom. The third-order valence-electron chi connectivity index (χ3n) is 4.70. The van der Waals surface area contributed by atoms with Gasteiger partial charge in [-0.05, 0) is 56.2 Å². The second-order valence-corrected chi connectivity index (χ2v) is 8.75. The van der Waals surface area contributed by atoms with Crippen LogP contribution < -0.4 is 9.04 Å². The summed E-state index contributed by atoms with van der Waals surface area (Å²) >= 11 is 0. The monoisotopic (exact) mass is 375 g/mol. The van der Waals surface area contributed by atoms with Crippen molar-refractivity contribution in [3.63, 3.8) is 0 Å². The van der Waals surface area contributed by atoms with Gasteiger partial charge in [-0.1, -0.05) is 30.5 Å². The van der Waals surface area contributed by atoms with E-state index in [1.807, 2.05) is 31.2 Å². The van der Waals surface area contributed by atoms with Crippen LogP contribution in [-0.2, 0) is 10.0 Å². The Balaban J connectivity index is 1.83. The van der Waals surface area contributed by atoms with E-state index in [9.17, 15) is 13.5 Å². The highest BCUT2D eigenvalue weighted by molar-refractivity contribution is 7.92. The minimum absolute atomic E-state index is 0.414. The van der Waals surface area contributed by atoms with Gasteiger partial charge in [-0.3, -0.25) is 4.31 Å². The molecule has 0 bridgehead atoms. The van der Waals surface area contributed by atoms with Gasteiger partial charge in [0, 0.05) is 0 Å². The van der Waals surface area contributed by atoms with Gasteiger partial charge in [0.15, 0.2) is 0 Å². The lowest BCUT2D eigenvalue weighted by atomic mass is 9.92. The quantitative estimate of drug-likeness (QED) is 0.862. The summed E-state index contributed by atoms with van der Waals surface area (Å²) in [7, 11) is -3.49. The molecule has 0 radical (unpaired) electrons. The first-order valence-electron chi connectivity index (χ1n) is 8.86. The lowest BCUT2D eigenvalue weighted by molar-refractivity contribution is 0.110. The van der Waals surface area contributed by atoms with Crippen molar-refractivity contribution in [2.45, 2.75) is 44.8 Å². The van der Waals surface area contributed by atoms with Crippen molar-refractivity contribution in [2.24, 2.45) is 0 Å². The van der Waals surface area contributed by atoms with Crippen LogP contribution in [0.25, 0.3) is 0 Å². The molecule has 1 saturated carbocycles. The zero-order chi connectivity index (χ0) is 18.7. The number of hydrogen-bond acceptors (Lipinski definition) is 4. The van der Waals surface area contributed by atoms with Crippen LogP contribution in [0.1, 0.15) is 31.2 Å². The number of benzene rings is 2. The Kier molecular flexibility index (Phi) is 5.53. The van der Waals surface area contributed by atoms with Crippen LogP contribution in [-0.4, -0.2) is 31.9 Å². The van der Waals surface area contributed by atoms with Crippen LogP contribution in [0.4, 0.5) is 5.69 Å². The number of aryl methyl sites for hydroxylation is 1. The van der Waals surface area contributed by atoms with Crippen LogP contribution in [0.15, 0.2) is 48.5 Å². The van der Waals surface area contributed by atoms with Crippen LogP contribution in [0, 0.1) is 6.92 Å². The SMILES string of the molecule is Cc1ccc(Oc2ccc(N([C@H]3CCCC[C@@H]3O)S(C)(=O)=O)cc2)cc1. The molecule has 6 heteroatoms.